The molecule has 4 aromatic rings. The normalized spacial score (nSPS) is 10.9. The minimum absolute atomic E-state index is 0.0745. The number of nitrogens with zero attached hydrogens (tertiary/aromatic N) is 5. The summed E-state index contributed by atoms with van der Waals surface area (Å²) in [5.41, 5.74) is 6.02. The van der Waals surface area contributed by atoms with Crippen molar-refractivity contribution in [1.82, 2.24) is 24.6 Å². The predicted octanol–water partition coefficient (Wildman–Crippen LogP) is -0.0737. The maximum atomic E-state index is 12.7. The van der Waals surface area contributed by atoms with Crippen molar-refractivity contribution < 1.29 is 22.7 Å². The molecule has 5 N–H and O–H groups in total. The van der Waals surface area contributed by atoms with Crippen LogP contribution in [0.5, 0.6) is 5.88 Å². The molecule has 4 rings (SSSR count). The lowest BCUT2D eigenvalue weighted by Gasteiger charge is -2.07. The highest BCUT2D eigenvalue weighted by molar-refractivity contribution is 7.89. The van der Waals surface area contributed by atoms with E-state index in [4.69, 9.17) is 15.6 Å². The number of carbonyl (C=O) groups excluding carboxylic acids is 2. The van der Waals surface area contributed by atoms with Gasteiger partial charge in [-0.1, -0.05) is 5.92 Å². The number of methoxy groups -OCH3 is 1. The van der Waals surface area contributed by atoms with Gasteiger partial charge in [-0.15, -0.1) is 10.2 Å². The first-order valence-corrected chi connectivity index (χ1v) is 11.2. The van der Waals surface area contributed by atoms with Gasteiger partial charge in [0.15, 0.2) is 5.65 Å². The molecule has 0 fully saturated rings. The molecular weight excluding hydrogens is 476 g/mol. The van der Waals surface area contributed by atoms with Crippen molar-refractivity contribution in [2.24, 2.45) is 10.9 Å². The van der Waals surface area contributed by atoms with Crippen molar-refractivity contribution in [2.75, 3.05) is 12.4 Å². The molecule has 1 aromatic carbocycles. The van der Waals surface area contributed by atoms with E-state index in [2.05, 4.69) is 37.3 Å². The number of primary sulfonamides is 1. The number of hydrogen-bond acceptors (Lipinski definition) is 9. The van der Waals surface area contributed by atoms with E-state index in [0.29, 0.717) is 11.3 Å². The largest absolute Gasteiger partial charge is 0.480 e. The Hall–Kier alpha value is -4.87. The summed E-state index contributed by atoms with van der Waals surface area (Å²) in [6, 6.07) is 7.04. The number of primary amides is 1. The molecule has 0 radical (unpaired) electrons. The van der Waals surface area contributed by atoms with Gasteiger partial charge in [0.25, 0.3) is 5.91 Å². The molecule has 176 valence electrons. The van der Waals surface area contributed by atoms with Gasteiger partial charge in [0.2, 0.25) is 27.6 Å². The fourth-order valence-electron chi connectivity index (χ4n) is 2.90. The Morgan fingerprint density at radius 3 is 2.49 bits per heavy atom. The van der Waals surface area contributed by atoms with Gasteiger partial charge < -0.3 is 15.8 Å². The van der Waals surface area contributed by atoms with E-state index in [1.165, 1.54) is 54.2 Å². The van der Waals surface area contributed by atoms with Gasteiger partial charge in [-0.2, -0.15) is 0 Å². The van der Waals surface area contributed by atoms with Gasteiger partial charge in [-0.25, -0.2) is 23.5 Å². The van der Waals surface area contributed by atoms with Crippen LogP contribution in [0.3, 0.4) is 0 Å². The quantitative estimate of drug-likeness (QED) is 0.319. The highest BCUT2D eigenvalue weighted by Gasteiger charge is 2.18. The Labute approximate surface area is 198 Å². The molecule has 0 unspecified atom stereocenters. The summed E-state index contributed by atoms with van der Waals surface area (Å²) in [5.74, 6) is 4.58. The van der Waals surface area contributed by atoms with E-state index in [1.54, 1.807) is 0 Å². The first-order valence-electron chi connectivity index (χ1n) is 9.66. The summed E-state index contributed by atoms with van der Waals surface area (Å²) in [6.07, 6.45) is 3.88. The van der Waals surface area contributed by atoms with Crippen LogP contribution in [0, 0.1) is 11.8 Å². The third kappa shape index (κ3) is 5.05. The van der Waals surface area contributed by atoms with E-state index >= 15 is 0 Å². The van der Waals surface area contributed by atoms with Crippen molar-refractivity contribution in [3.05, 3.63) is 71.6 Å². The zero-order chi connectivity index (χ0) is 25.2. The molecule has 35 heavy (non-hydrogen) atoms. The van der Waals surface area contributed by atoms with Crippen LogP contribution in [0.4, 0.5) is 5.69 Å². The number of pyridine rings is 1. The number of amides is 2. The SMILES string of the molecule is COc1cn2c(C#Cc3cc(C(=O)Nc4ccc(C(N)=O)cc4)ncc3S(N)(=O)=O)nnc2cn1. The highest BCUT2D eigenvalue weighted by atomic mass is 32.2. The van der Waals surface area contributed by atoms with E-state index in [0.717, 1.165) is 6.20 Å². The van der Waals surface area contributed by atoms with Gasteiger partial charge >= 0.3 is 0 Å². The first kappa shape index (κ1) is 23.3. The number of ether oxygens (including phenoxy) is 1. The maximum Gasteiger partial charge on any atom is 0.274 e. The average Bonchev–Trinajstić information content (AvgIpc) is 3.24. The summed E-state index contributed by atoms with van der Waals surface area (Å²) in [7, 11) is -2.76. The van der Waals surface area contributed by atoms with Crippen LogP contribution in [0.1, 0.15) is 32.2 Å². The molecule has 0 saturated carbocycles. The molecule has 2 amide bonds. The number of nitrogens with two attached hydrogens (primary N) is 2. The number of benzene rings is 1. The van der Waals surface area contributed by atoms with Gasteiger partial charge in [0.1, 0.15) is 10.6 Å². The average molecular weight is 492 g/mol. The van der Waals surface area contributed by atoms with E-state index in [9.17, 15) is 18.0 Å². The number of fused-ring (bicyclic) bond motifs is 1. The van der Waals surface area contributed by atoms with Gasteiger partial charge in [0.05, 0.1) is 19.5 Å². The third-order valence-corrected chi connectivity index (χ3v) is 5.56. The zero-order valence-corrected chi connectivity index (χ0v) is 18.8. The van der Waals surface area contributed by atoms with E-state index in [1.807, 2.05) is 0 Å². The van der Waals surface area contributed by atoms with Crippen molar-refractivity contribution in [2.45, 2.75) is 4.90 Å². The molecule has 0 aliphatic heterocycles. The van der Waals surface area contributed by atoms with Crippen LogP contribution in [-0.4, -0.2) is 51.9 Å². The predicted molar refractivity (Wildman–Crippen MR) is 122 cm³/mol. The third-order valence-electron chi connectivity index (χ3n) is 4.62. The lowest BCUT2D eigenvalue weighted by molar-refractivity contribution is 0.0998. The number of carbonyl (C=O) groups is 2. The van der Waals surface area contributed by atoms with Crippen molar-refractivity contribution in [3.63, 3.8) is 0 Å². The Balaban J connectivity index is 1.69. The fourth-order valence-corrected chi connectivity index (χ4v) is 3.52. The standard InChI is InChI=1S/C21H16N8O5S/c1-34-19-11-29-17(27-28-18(29)10-25-19)7-4-13-8-15(24-9-16(13)35(23,32)33)21(31)26-14-5-2-12(3-6-14)20(22)30/h2-3,5-6,8-11H,1H3,(H2,22,30)(H,26,31)(H2,23,32,33). The molecular formula is C21H16N8O5S. The van der Waals surface area contributed by atoms with Gasteiger partial charge in [-0.05, 0) is 36.3 Å². The smallest absolute Gasteiger partial charge is 0.274 e. The molecule has 3 heterocycles. The Kier molecular flexibility index (Phi) is 6.10. The summed E-state index contributed by atoms with van der Waals surface area (Å²) in [5, 5.41) is 15.8. The van der Waals surface area contributed by atoms with E-state index < -0.39 is 21.8 Å². The first-order chi connectivity index (χ1) is 16.7. The Morgan fingerprint density at radius 2 is 1.83 bits per heavy atom. The van der Waals surface area contributed by atoms with Crippen molar-refractivity contribution >= 4 is 33.2 Å². The van der Waals surface area contributed by atoms with Gasteiger partial charge in [0, 0.05) is 23.0 Å². The second kappa shape index (κ2) is 9.17. The maximum absolute atomic E-state index is 12.7. The monoisotopic (exact) mass is 492 g/mol. The highest BCUT2D eigenvalue weighted by Crippen LogP contribution is 2.16. The molecule has 0 bridgehead atoms. The molecule has 0 aliphatic rings. The van der Waals surface area contributed by atoms with Crippen LogP contribution < -0.4 is 20.9 Å². The molecule has 0 atom stereocenters. The van der Waals surface area contributed by atoms with Crippen LogP contribution in [-0.2, 0) is 10.0 Å². The molecule has 14 heteroatoms. The van der Waals surface area contributed by atoms with Crippen molar-refractivity contribution in [3.8, 4) is 17.7 Å². The lowest BCUT2D eigenvalue weighted by Crippen LogP contribution is -2.18. The number of anilines is 1. The number of rotatable bonds is 5. The van der Waals surface area contributed by atoms with Crippen LogP contribution in [0.25, 0.3) is 5.65 Å². The van der Waals surface area contributed by atoms with Gasteiger partial charge in [-0.3, -0.25) is 14.0 Å². The minimum Gasteiger partial charge on any atom is -0.480 e. The summed E-state index contributed by atoms with van der Waals surface area (Å²) >= 11 is 0. The van der Waals surface area contributed by atoms with E-state index in [-0.39, 0.29) is 33.4 Å². The fraction of sp³-hybridized carbons (Fsp3) is 0.0476. The topological polar surface area (TPSA) is 198 Å². The summed E-state index contributed by atoms with van der Waals surface area (Å²) < 4.78 is 30.7. The van der Waals surface area contributed by atoms with Crippen LogP contribution >= 0.6 is 0 Å². The second-order valence-corrected chi connectivity index (χ2v) is 8.47. The molecule has 13 nitrogen and oxygen atoms in total. The Bertz CT molecular complexity index is 1640. The number of sulfonamides is 1. The molecule has 3 aromatic heterocycles. The van der Waals surface area contributed by atoms with Crippen LogP contribution in [0.15, 0.2) is 53.8 Å². The number of nitrogens with one attached hydrogen (secondary N) is 1. The number of aromatic nitrogens is 5. The molecule has 0 saturated heterocycles. The second-order valence-electron chi connectivity index (χ2n) is 6.94. The zero-order valence-electron chi connectivity index (χ0n) is 18.0. The minimum atomic E-state index is -4.21. The Morgan fingerprint density at radius 1 is 1.09 bits per heavy atom. The molecule has 0 spiro atoms. The van der Waals surface area contributed by atoms with Crippen LogP contribution in [0.2, 0.25) is 0 Å². The summed E-state index contributed by atoms with van der Waals surface area (Å²) in [6.45, 7) is 0. The van der Waals surface area contributed by atoms with Crippen molar-refractivity contribution in [1.29, 1.82) is 0 Å². The summed E-state index contributed by atoms with van der Waals surface area (Å²) in [4.78, 5) is 31.4. The molecule has 0 aliphatic carbocycles. The lowest BCUT2D eigenvalue weighted by atomic mass is 10.2. The number of hydrogen-bond donors (Lipinski definition) is 3.